The highest BCUT2D eigenvalue weighted by Gasteiger charge is 2.80. The van der Waals surface area contributed by atoms with Gasteiger partial charge in [-0.3, -0.25) is 0 Å². The van der Waals surface area contributed by atoms with Gasteiger partial charge in [0.2, 0.25) is 0 Å². The summed E-state index contributed by atoms with van der Waals surface area (Å²) in [5.74, 6) is 7.68. The Bertz CT molecular complexity index is 4860. The summed E-state index contributed by atoms with van der Waals surface area (Å²) in [5.41, 5.74) is 26.6. The molecule has 0 spiro atoms. The third kappa shape index (κ3) is 11.0. The summed E-state index contributed by atoms with van der Waals surface area (Å²) in [6, 6.07) is 109. The van der Waals surface area contributed by atoms with Crippen LogP contribution in [0.5, 0.6) is 0 Å². The van der Waals surface area contributed by atoms with E-state index in [9.17, 15) is 0 Å². The molecule has 6 unspecified atom stereocenters. The van der Waals surface area contributed by atoms with Gasteiger partial charge in [0.05, 0.1) is 0 Å². The molecule has 115 heavy (non-hydrogen) atoms. The van der Waals surface area contributed by atoms with Gasteiger partial charge in [0.15, 0.2) is 0 Å². The normalized spacial score (nSPS) is 40.0. The Labute approximate surface area is 690 Å². The molecule has 30 rings (SSSR count). The van der Waals surface area contributed by atoms with Crippen LogP contribution >= 0.6 is 0 Å². The molecule has 10 aromatic rings. The summed E-state index contributed by atoms with van der Waals surface area (Å²) < 4.78 is 0. The Morgan fingerprint density at radius 1 is 0.165 bits per heavy atom. The van der Waals surface area contributed by atoms with Crippen LogP contribution in [0.2, 0.25) is 0 Å². The average Bonchev–Trinajstić information content (AvgIpc) is 0.602. The standard InChI is InChI=1S/C57H56.C34H42.C24H28/c1-43-27-29-49(30-28-43)55-35-53(47-23-13-5-14-24-47)34-54(36-55,48-25-15-6-16-26-48)41-57(40-53,42-55)56-37-50(44-17-7-2-8-18-44)31-51(38-56,45-19-9-3-10-20-45)33-52(32-50,39-56)46-21-11-4-12-22-46;1-23-3-7-29(8-4-23)31-13-25-11-26(14-31)18-33(17-25,21-31)34-19-27-12-28(20-34)16-32(15-27,22-34)30-9-5-24(2)6-10-30;1-16-3-7-20(8-4-16)24(21-9-5-17(2)6-10-21)22-12-18-11-19(14-22)15-23(24)13-18/h2-30H,31-42H2,1H3;3-10,25-28H,11-22H2,1-2H3;3-10,18-19,22-23H,11-15H2,1-2H3. The quantitative estimate of drug-likeness (QED) is 0.114. The smallest absolute Gasteiger partial charge is 0.0259 e. The number of hydrogen-bond acceptors (Lipinski definition) is 0. The summed E-state index contributed by atoms with van der Waals surface area (Å²) in [7, 11) is 0. The van der Waals surface area contributed by atoms with Gasteiger partial charge in [0.25, 0.3) is 0 Å². The van der Waals surface area contributed by atoms with Crippen LogP contribution in [0.1, 0.15) is 270 Å². The van der Waals surface area contributed by atoms with Gasteiger partial charge in [-0.05, 0) is 389 Å². The first-order valence-corrected chi connectivity index (χ1v) is 46.4. The highest BCUT2D eigenvalue weighted by molar-refractivity contribution is 5.53. The largest absolute Gasteiger partial charge is 0.0622 e. The van der Waals surface area contributed by atoms with Crippen molar-refractivity contribution in [3.63, 3.8) is 0 Å². The monoisotopic (exact) mass is 1510 g/mol. The van der Waals surface area contributed by atoms with Crippen molar-refractivity contribution in [2.45, 2.75) is 270 Å². The fourth-order valence-electron chi connectivity index (χ4n) is 36.1. The zero-order valence-corrected chi connectivity index (χ0v) is 70.1. The maximum Gasteiger partial charge on any atom is 0.0259 e. The van der Waals surface area contributed by atoms with E-state index in [0.29, 0.717) is 21.7 Å². The molecule has 0 heteroatoms. The first kappa shape index (κ1) is 72.4. The van der Waals surface area contributed by atoms with Gasteiger partial charge in [-0.15, -0.1) is 0 Å². The predicted molar refractivity (Wildman–Crippen MR) is 474 cm³/mol. The Hall–Kier alpha value is -7.80. The van der Waals surface area contributed by atoms with Crippen LogP contribution in [-0.4, -0.2) is 0 Å². The minimum absolute atomic E-state index is 0.108. The molecule has 0 heterocycles. The zero-order valence-electron chi connectivity index (χ0n) is 70.1. The highest BCUT2D eigenvalue weighted by atomic mass is 14.8. The lowest BCUT2D eigenvalue weighted by molar-refractivity contribution is -0.236. The summed E-state index contributed by atoms with van der Waals surface area (Å²) >= 11 is 0. The molecule has 6 atom stereocenters. The molecule has 20 aliphatic carbocycles. The van der Waals surface area contributed by atoms with Crippen molar-refractivity contribution >= 4 is 0 Å². The fourth-order valence-corrected chi connectivity index (χ4v) is 36.1. The summed E-state index contributed by atoms with van der Waals surface area (Å²) in [6.45, 7) is 11.2. The molecule has 0 aromatic heterocycles. The molecular weight excluding hydrogens is 1380 g/mol. The fraction of sp³-hybridized carbons (Fsp3) is 0.478. The van der Waals surface area contributed by atoms with Gasteiger partial charge < -0.3 is 0 Å². The van der Waals surface area contributed by atoms with Crippen LogP contribution in [0, 0.1) is 104 Å². The summed E-state index contributed by atoms with van der Waals surface area (Å²) in [4.78, 5) is 0. The number of rotatable bonds is 12. The second-order valence-corrected chi connectivity index (χ2v) is 44.7. The van der Waals surface area contributed by atoms with Gasteiger partial charge in [-0.1, -0.05) is 301 Å². The molecule has 0 aliphatic heterocycles. The highest BCUT2D eigenvalue weighted by Crippen LogP contribution is 2.87. The molecule has 20 bridgehead atoms. The molecule has 0 amide bonds. The zero-order chi connectivity index (χ0) is 77.1. The molecule has 0 N–H and O–H groups in total. The molecule has 586 valence electrons. The second-order valence-electron chi connectivity index (χ2n) is 44.7. The van der Waals surface area contributed by atoms with E-state index in [0.717, 1.165) is 47.3 Å². The molecule has 0 nitrogen and oxygen atoms in total. The minimum Gasteiger partial charge on any atom is -0.0622 e. The van der Waals surface area contributed by atoms with E-state index in [1.807, 2.05) is 0 Å². The molecule has 10 aromatic carbocycles. The van der Waals surface area contributed by atoms with Crippen molar-refractivity contribution in [3.05, 3.63) is 356 Å². The van der Waals surface area contributed by atoms with Crippen LogP contribution in [0.3, 0.4) is 0 Å². The van der Waals surface area contributed by atoms with Gasteiger partial charge >= 0.3 is 0 Å². The van der Waals surface area contributed by atoms with E-state index in [4.69, 9.17) is 0 Å². The first-order valence-electron chi connectivity index (χ1n) is 46.4. The van der Waals surface area contributed by atoms with Crippen molar-refractivity contribution in [3.8, 4) is 0 Å². The lowest BCUT2D eigenvalue weighted by atomic mass is 9.23. The Kier molecular flexibility index (Phi) is 16.3. The molecular formula is C115H126. The number of benzene rings is 10. The van der Waals surface area contributed by atoms with Crippen molar-refractivity contribution in [1.82, 2.24) is 0 Å². The van der Waals surface area contributed by atoms with Crippen LogP contribution < -0.4 is 0 Å². The minimum atomic E-state index is 0.108. The SMILES string of the molecule is Cc1ccc(C2(c3ccc(C)cc3)C3CC4CC(C3)CC2C4)cc1.Cc1ccc(C23CC4(c5ccccc5)CC(c5ccccc5)(C2)CC(C25CC6(c7ccccc7)CC(c7ccccc7)(CC(c7ccccc7)(C6)C2)C5)(C4)C3)cc1.Cc1ccc(C23CC4CC(C2)CC(C25CC6CC(CC(c7ccc(C)cc7)(C6)C2)C5)(C4)C3)cc1. The first-order chi connectivity index (χ1) is 55.8. The lowest BCUT2D eigenvalue weighted by Crippen LogP contribution is -2.75. The van der Waals surface area contributed by atoms with Gasteiger partial charge in [0.1, 0.15) is 0 Å². The second kappa shape index (κ2) is 25.9. The number of hydrogen-bond donors (Lipinski definition) is 0. The van der Waals surface area contributed by atoms with E-state index in [-0.39, 0.29) is 48.7 Å². The molecule has 20 saturated carbocycles. The Balaban J connectivity index is 0.000000113. The van der Waals surface area contributed by atoms with Crippen LogP contribution in [0.25, 0.3) is 0 Å². The van der Waals surface area contributed by atoms with Gasteiger partial charge in [-0.2, -0.15) is 0 Å². The molecule has 0 radical (unpaired) electrons. The maximum atomic E-state index is 2.57. The van der Waals surface area contributed by atoms with Crippen LogP contribution in [0.4, 0.5) is 0 Å². The topological polar surface area (TPSA) is 0 Å². The third-order valence-corrected chi connectivity index (χ3v) is 37.9. The molecule has 0 saturated heterocycles. The van der Waals surface area contributed by atoms with Crippen LogP contribution in [0.15, 0.2) is 273 Å². The summed E-state index contributed by atoms with van der Waals surface area (Å²) in [5, 5.41) is 0. The molecule has 20 fully saturated rings. The van der Waals surface area contributed by atoms with Gasteiger partial charge in [0, 0.05) is 5.41 Å². The van der Waals surface area contributed by atoms with E-state index in [1.54, 1.807) is 94.2 Å². The van der Waals surface area contributed by atoms with E-state index in [1.165, 1.54) is 175 Å². The van der Waals surface area contributed by atoms with Crippen molar-refractivity contribution in [1.29, 1.82) is 0 Å². The maximum absolute atomic E-state index is 2.57. The Morgan fingerprint density at radius 2 is 0.357 bits per heavy atom. The lowest BCUT2D eigenvalue weighted by Gasteiger charge is -2.81. The number of aryl methyl sites for hydroxylation is 5. The average molecular weight is 1510 g/mol. The van der Waals surface area contributed by atoms with E-state index >= 15 is 0 Å². The third-order valence-electron chi connectivity index (χ3n) is 37.9. The van der Waals surface area contributed by atoms with Crippen molar-refractivity contribution < 1.29 is 0 Å². The summed E-state index contributed by atoms with van der Waals surface area (Å²) in [6.07, 6.45) is 41.1. The van der Waals surface area contributed by atoms with Crippen LogP contribution in [-0.2, 0) is 48.7 Å². The predicted octanol–water partition coefficient (Wildman–Crippen LogP) is 28.4. The molecule has 20 aliphatic rings. The Morgan fingerprint density at radius 3 is 0.591 bits per heavy atom. The van der Waals surface area contributed by atoms with Gasteiger partial charge in [-0.25, -0.2) is 0 Å². The van der Waals surface area contributed by atoms with E-state index in [2.05, 4.69) is 308 Å². The van der Waals surface area contributed by atoms with Crippen molar-refractivity contribution in [2.75, 3.05) is 0 Å². The van der Waals surface area contributed by atoms with Crippen molar-refractivity contribution in [2.24, 2.45) is 69.0 Å². The van der Waals surface area contributed by atoms with E-state index < -0.39 is 0 Å².